The Morgan fingerprint density at radius 1 is 1.58 bits per heavy atom. The van der Waals surface area contributed by atoms with E-state index in [2.05, 4.69) is 4.98 Å². The first-order chi connectivity index (χ1) is 9.09. The molecule has 1 N–H and O–H groups in total. The number of carbonyl (C=O) groups excluding carboxylic acids is 1. The van der Waals surface area contributed by atoms with Gasteiger partial charge in [-0.1, -0.05) is 17.8 Å². The number of carboxylic acid groups (broad SMARTS) is 1. The predicted octanol–water partition coefficient (Wildman–Crippen LogP) is 1.55. The number of aliphatic carboxylic acids is 1. The first-order valence-corrected chi connectivity index (χ1v) is 7.81. The Hall–Kier alpha value is -1.21. The number of amides is 1. The zero-order valence-corrected chi connectivity index (χ0v) is 12.0. The van der Waals surface area contributed by atoms with Crippen molar-refractivity contribution in [2.45, 2.75) is 23.2 Å². The molecule has 0 aliphatic carbocycles. The molecule has 1 unspecified atom stereocenters. The standard InChI is InChI=1S/C12H14N2O3S2/c1-8(19-10-4-2-3-5-13-10)11(15)14-7-18-6-9(14)12(16)17/h2-5,8-9H,6-7H2,1H3,(H,16,17)/t8?,9-/m0/s1. The maximum absolute atomic E-state index is 12.3. The van der Waals surface area contributed by atoms with Crippen molar-refractivity contribution in [1.82, 2.24) is 9.88 Å². The average molecular weight is 298 g/mol. The third-order valence-corrected chi connectivity index (χ3v) is 4.78. The number of thioether (sulfide) groups is 2. The molecule has 1 aliphatic rings. The Morgan fingerprint density at radius 2 is 2.37 bits per heavy atom. The van der Waals surface area contributed by atoms with E-state index in [0.29, 0.717) is 11.6 Å². The molecule has 0 aromatic carbocycles. The predicted molar refractivity (Wildman–Crippen MR) is 75.2 cm³/mol. The summed E-state index contributed by atoms with van der Waals surface area (Å²) < 4.78 is 0. The minimum absolute atomic E-state index is 0.145. The highest BCUT2D eigenvalue weighted by Gasteiger charge is 2.36. The second-order valence-electron chi connectivity index (χ2n) is 4.09. The SMILES string of the molecule is CC(Sc1ccccn1)C(=O)N1CSC[C@H]1C(=O)O. The Balaban J connectivity index is 2.01. The minimum atomic E-state index is -0.937. The first-order valence-electron chi connectivity index (χ1n) is 5.78. The van der Waals surface area contributed by atoms with E-state index in [-0.39, 0.29) is 11.2 Å². The van der Waals surface area contributed by atoms with Gasteiger partial charge in [0.25, 0.3) is 0 Å². The molecule has 19 heavy (non-hydrogen) atoms. The molecular formula is C12H14N2O3S2. The summed E-state index contributed by atoms with van der Waals surface area (Å²) in [5.74, 6) is -0.174. The van der Waals surface area contributed by atoms with Crippen LogP contribution in [0.5, 0.6) is 0 Å². The van der Waals surface area contributed by atoms with Gasteiger partial charge in [0.15, 0.2) is 0 Å². The van der Waals surface area contributed by atoms with Gasteiger partial charge < -0.3 is 10.0 Å². The molecule has 2 rings (SSSR count). The van der Waals surface area contributed by atoms with Crippen LogP contribution in [0.25, 0.3) is 0 Å². The number of aromatic nitrogens is 1. The van der Waals surface area contributed by atoms with Crippen LogP contribution in [0.3, 0.4) is 0 Å². The summed E-state index contributed by atoms with van der Waals surface area (Å²) in [5.41, 5.74) is 0. The minimum Gasteiger partial charge on any atom is -0.480 e. The molecule has 1 fully saturated rings. The van der Waals surface area contributed by atoms with E-state index in [4.69, 9.17) is 5.11 Å². The van der Waals surface area contributed by atoms with Gasteiger partial charge in [0.2, 0.25) is 5.91 Å². The third kappa shape index (κ3) is 3.42. The largest absolute Gasteiger partial charge is 0.480 e. The van der Waals surface area contributed by atoms with Gasteiger partial charge in [-0.15, -0.1) is 11.8 Å². The second-order valence-corrected chi connectivity index (χ2v) is 6.45. The molecule has 0 bridgehead atoms. The molecule has 0 saturated carbocycles. The maximum atomic E-state index is 12.3. The Bertz CT molecular complexity index is 469. The number of nitrogens with zero attached hydrogens (tertiary/aromatic N) is 2. The van der Waals surface area contributed by atoms with Crippen molar-refractivity contribution in [3.63, 3.8) is 0 Å². The van der Waals surface area contributed by atoms with Crippen molar-refractivity contribution >= 4 is 35.4 Å². The van der Waals surface area contributed by atoms with E-state index in [1.165, 1.54) is 28.4 Å². The number of carboxylic acids is 1. The van der Waals surface area contributed by atoms with Crippen LogP contribution < -0.4 is 0 Å². The van der Waals surface area contributed by atoms with Crippen LogP contribution in [0.15, 0.2) is 29.4 Å². The van der Waals surface area contributed by atoms with Gasteiger partial charge in [0.05, 0.1) is 16.2 Å². The number of hydrogen-bond acceptors (Lipinski definition) is 5. The topological polar surface area (TPSA) is 70.5 Å². The highest BCUT2D eigenvalue weighted by atomic mass is 32.2. The van der Waals surface area contributed by atoms with Gasteiger partial charge >= 0.3 is 5.97 Å². The lowest BCUT2D eigenvalue weighted by atomic mass is 10.3. The number of hydrogen-bond donors (Lipinski definition) is 1. The van der Waals surface area contributed by atoms with Crippen LogP contribution in [-0.2, 0) is 9.59 Å². The zero-order chi connectivity index (χ0) is 13.8. The molecule has 7 heteroatoms. The van der Waals surface area contributed by atoms with Gasteiger partial charge in [0.1, 0.15) is 6.04 Å². The van der Waals surface area contributed by atoms with Gasteiger partial charge in [-0.3, -0.25) is 4.79 Å². The molecule has 1 saturated heterocycles. The van der Waals surface area contributed by atoms with E-state index in [0.717, 1.165) is 5.03 Å². The van der Waals surface area contributed by atoms with Gasteiger partial charge in [0, 0.05) is 11.9 Å². The van der Waals surface area contributed by atoms with Crippen LogP contribution in [0, 0.1) is 0 Å². The Kier molecular flexibility index (Phi) is 4.71. The molecule has 2 atom stereocenters. The molecule has 5 nitrogen and oxygen atoms in total. The maximum Gasteiger partial charge on any atom is 0.327 e. The van der Waals surface area contributed by atoms with Crippen molar-refractivity contribution in [1.29, 1.82) is 0 Å². The lowest BCUT2D eigenvalue weighted by Crippen LogP contribution is -2.44. The summed E-state index contributed by atoms with van der Waals surface area (Å²) in [7, 11) is 0. The van der Waals surface area contributed by atoms with Crippen LogP contribution in [0.2, 0.25) is 0 Å². The fourth-order valence-electron chi connectivity index (χ4n) is 1.75. The smallest absolute Gasteiger partial charge is 0.327 e. The molecule has 1 aliphatic heterocycles. The Morgan fingerprint density at radius 3 is 3.00 bits per heavy atom. The fraction of sp³-hybridized carbons (Fsp3) is 0.417. The summed E-state index contributed by atoms with van der Waals surface area (Å²) in [6.45, 7) is 1.78. The zero-order valence-electron chi connectivity index (χ0n) is 10.4. The normalized spacial score (nSPS) is 20.3. The molecule has 2 heterocycles. The van der Waals surface area contributed by atoms with E-state index >= 15 is 0 Å². The molecule has 1 aromatic heterocycles. The summed E-state index contributed by atoms with van der Waals surface area (Å²) in [6.07, 6.45) is 1.67. The van der Waals surface area contributed by atoms with Crippen LogP contribution in [-0.4, -0.2) is 49.8 Å². The molecule has 0 spiro atoms. The van der Waals surface area contributed by atoms with E-state index in [9.17, 15) is 9.59 Å². The lowest BCUT2D eigenvalue weighted by molar-refractivity contribution is -0.147. The molecular weight excluding hydrogens is 284 g/mol. The third-order valence-electron chi connectivity index (χ3n) is 2.73. The second kappa shape index (κ2) is 6.29. The van der Waals surface area contributed by atoms with Crippen molar-refractivity contribution in [3.8, 4) is 0 Å². The lowest BCUT2D eigenvalue weighted by Gasteiger charge is -2.23. The summed E-state index contributed by atoms with van der Waals surface area (Å²) in [4.78, 5) is 28.9. The fourth-order valence-corrected chi connectivity index (χ4v) is 3.78. The van der Waals surface area contributed by atoms with Gasteiger partial charge in [-0.25, -0.2) is 9.78 Å². The van der Waals surface area contributed by atoms with Gasteiger partial charge in [-0.2, -0.15) is 0 Å². The Labute approximate surface area is 119 Å². The highest BCUT2D eigenvalue weighted by molar-refractivity contribution is 8.00. The van der Waals surface area contributed by atoms with Gasteiger partial charge in [-0.05, 0) is 19.1 Å². The summed E-state index contributed by atoms with van der Waals surface area (Å²) in [5, 5.41) is 9.51. The highest BCUT2D eigenvalue weighted by Crippen LogP contribution is 2.27. The molecule has 1 amide bonds. The number of carbonyl (C=O) groups is 2. The molecule has 1 aromatic rings. The monoisotopic (exact) mass is 298 g/mol. The van der Waals surface area contributed by atoms with Crippen molar-refractivity contribution < 1.29 is 14.7 Å². The summed E-state index contributed by atoms with van der Waals surface area (Å²) in [6, 6.07) is 4.80. The van der Waals surface area contributed by atoms with Crippen LogP contribution >= 0.6 is 23.5 Å². The van der Waals surface area contributed by atoms with Crippen molar-refractivity contribution in [2.24, 2.45) is 0 Å². The van der Waals surface area contributed by atoms with E-state index in [1.807, 2.05) is 18.2 Å². The quantitative estimate of drug-likeness (QED) is 0.850. The number of rotatable bonds is 4. The van der Waals surface area contributed by atoms with Crippen molar-refractivity contribution in [3.05, 3.63) is 24.4 Å². The van der Waals surface area contributed by atoms with E-state index in [1.54, 1.807) is 13.1 Å². The molecule has 0 radical (unpaired) electrons. The summed E-state index contributed by atoms with van der Waals surface area (Å²) >= 11 is 2.82. The van der Waals surface area contributed by atoms with Crippen LogP contribution in [0.1, 0.15) is 6.92 Å². The first kappa shape index (κ1) is 14.2. The molecule has 102 valence electrons. The van der Waals surface area contributed by atoms with Crippen LogP contribution in [0.4, 0.5) is 0 Å². The van der Waals surface area contributed by atoms with E-state index < -0.39 is 12.0 Å². The van der Waals surface area contributed by atoms with Crippen molar-refractivity contribution in [2.75, 3.05) is 11.6 Å². The number of pyridine rings is 1. The average Bonchev–Trinajstić information content (AvgIpc) is 2.88.